The minimum absolute atomic E-state index is 0.170. The molecule has 0 radical (unpaired) electrons. The quantitative estimate of drug-likeness (QED) is 0.316. The molecule has 0 aliphatic carbocycles. The standard InChI is InChI=1S/C18H27N3O8S/c1-4-5-16(22)15(10-17(23)24)18(25)20(3)12(2)11-19-30(28,29)14-8-6-13(7-9-14)21(26)27/h6-9,12,15-16,19,22H,4-5,10-11H2,1-3H3,(H,23,24). The topological polar surface area (TPSA) is 167 Å². The predicted molar refractivity (Wildman–Crippen MR) is 107 cm³/mol. The monoisotopic (exact) mass is 445 g/mol. The van der Waals surface area contributed by atoms with Gasteiger partial charge in [0.15, 0.2) is 0 Å². The van der Waals surface area contributed by atoms with Gasteiger partial charge in [-0.15, -0.1) is 0 Å². The van der Waals surface area contributed by atoms with E-state index in [0.717, 1.165) is 24.3 Å². The van der Waals surface area contributed by atoms with Crippen LogP contribution in [0.5, 0.6) is 0 Å². The smallest absolute Gasteiger partial charge is 0.304 e. The molecule has 0 saturated carbocycles. The summed E-state index contributed by atoms with van der Waals surface area (Å²) in [6.45, 7) is 3.19. The first kappa shape index (κ1) is 25.5. The third-order valence-electron chi connectivity index (χ3n) is 4.70. The van der Waals surface area contributed by atoms with Crippen LogP contribution in [-0.4, -0.2) is 66.1 Å². The highest BCUT2D eigenvalue weighted by atomic mass is 32.2. The van der Waals surface area contributed by atoms with Crippen molar-refractivity contribution in [1.82, 2.24) is 9.62 Å². The zero-order chi connectivity index (χ0) is 23.1. The Bertz CT molecular complexity index is 857. The van der Waals surface area contributed by atoms with Crippen LogP contribution >= 0.6 is 0 Å². The van der Waals surface area contributed by atoms with Crippen molar-refractivity contribution in [2.75, 3.05) is 13.6 Å². The van der Waals surface area contributed by atoms with Gasteiger partial charge in [-0.3, -0.25) is 19.7 Å². The molecule has 0 bridgehead atoms. The average molecular weight is 445 g/mol. The maximum atomic E-state index is 12.7. The fourth-order valence-electron chi connectivity index (χ4n) is 2.75. The molecule has 1 aromatic carbocycles. The number of hydrogen-bond acceptors (Lipinski definition) is 7. The number of nitrogens with one attached hydrogen (secondary N) is 1. The second kappa shape index (κ2) is 11.0. The molecule has 30 heavy (non-hydrogen) atoms. The molecule has 0 aliphatic heterocycles. The van der Waals surface area contributed by atoms with Crippen molar-refractivity contribution in [1.29, 1.82) is 0 Å². The van der Waals surface area contributed by atoms with Gasteiger partial charge >= 0.3 is 5.97 Å². The van der Waals surface area contributed by atoms with E-state index in [1.54, 1.807) is 13.8 Å². The number of hydrogen-bond donors (Lipinski definition) is 3. The molecule has 168 valence electrons. The minimum Gasteiger partial charge on any atom is -0.481 e. The molecule has 1 amide bonds. The van der Waals surface area contributed by atoms with Crippen molar-refractivity contribution < 1.29 is 33.1 Å². The lowest BCUT2D eigenvalue weighted by atomic mass is 9.93. The zero-order valence-electron chi connectivity index (χ0n) is 17.0. The molecule has 12 heteroatoms. The first-order valence-electron chi connectivity index (χ1n) is 9.31. The lowest BCUT2D eigenvalue weighted by Gasteiger charge is -2.30. The Kier molecular flexibility index (Phi) is 9.33. The molecule has 0 aromatic heterocycles. The second-order valence-corrected chi connectivity index (χ2v) is 8.73. The highest BCUT2D eigenvalue weighted by molar-refractivity contribution is 7.89. The van der Waals surface area contributed by atoms with E-state index in [1.165, 1.54) is 11.9 Å². The number of nitro benzene ring substituents is 1. The molecule has 11 nitrogen and oxygen atoms in total. The third kappa shape index (κ3) is 7.04. The van der Waals surface area contributed by atoms with E-state index >= 15 is 0 Å². The Balaban J connectivity index is 2.83. The molecule has 0 saturated heterocycles. The highest BCUT2D eigenvalue weighted by Gasteiger charge is 2.32. The summed E-state index contributed by atoms with van der Waals surface area (Å²) in [5.74, 6) is -2.95. The van der Waals surface area contributed by atoms with Crippen LogP contribution in [0.4, 0.5) is 5.69 Å². The first-order valence-corrected chi connectivity index (χ1v) is 10.8. The molecule has 0 spiro atoms. The molecular weight excluding hydrogens is 418 g/mol. The van der Waals surface area contributed by atoms with Gasteiger partial charge < -0.3 is 15.1 Å². The summed E-state index contributed by atoms with van der Waals surface area (Å²) < 4.78 is 27.1. The first-order chi connectivity index (χ1) is 13.9. The SMILES string of the molecule is CCCC(O)C(CC(=O)O)C(=O)N(C)C(C)CNS(=O)(=O)c1ccc([N+](=O)[O-])cc1. The van der Waals surface area contributed by atoms with E-state index in [1.807, 2.05) is 0 Å². The molecule has 1 aromatic rings. The summed E-state index contributed by atoms with van der Waals surface area (Å²) >= 11 is 0. The molecule has 3 N–H and O–H groups in total. The van der Waals surface area contributed by atoms with Gasteiger partial charge in [0.05, 0.1) is 28.3 Å². The number of aliphatic hydroxyl groups excluding tert-OH is 1. The maximum absolute atomic E-state index is 12.7. The van der Waals surface area contributed by atoms with Gasteiger partial charge in [0.1, 0.15) is 0 Å². The van der Waals surface area contributed by atoms with Gasteiger partial charge in [-0.1, -0.05) is 13.3 Å². The van der Waals surface area contributed by atoms with E-state index < -0.39 is 51.3 Å². The Morgan fingerprint density at radius 2 is 1.83 bits per heavy atom. The Morgan fingerprint density at radius 3 is 2.30 bits per heavy atom. The van der Waals surface area contributed by atoms with Gasteiger partial charge in [0.2, 0.25) is 15.9 Å². The van der Waals surface area contributed by atoms with Crippen molar-refractivity contribution in [3.8, 4) is 0 Å². The lowest BCUT2D eigenvalue weighted by Crippen LogP contribution is -2.47. The summed E-state index contributed by atoms with van der Waals surface area (Å²) in [5, 5.41) is 29.9. The number of aliphatic hydroxyl groups is 1. The van der Waals surface area contributed by atoms with Gasteiger partial charge in [-0.2, -0.15) is 0 Å². The Labute approximate surface area is 174 Å². The normalized spacial score (nSPS) is 14.5. The van der Waals surface area contributed by atoms with Crippen molar-refractivity contribution in [3.63, 3.8) is 0 Å². The number of nitrogens with zero attached hydrogens (tertiary/aromatic N) is 2. The van der Waals surface area contributed by atoms with Gasteiger partial charge in [0.25, 0.3) is 5.69 Å². The summed E-state index contributed by atoms with van der Waals surface area (Å²) in [6, 6.07) is 3.70. The van der Waals surface area contributed by atoms with Crippen molar-refractivity contribution in [3.05, 3.63) is 34.4 Å². The molecule has 0 fully saturated rings. The fraction of sp³-hybridized carbons (Fsp3) is 0.556. The summed E-state index contributed by atoms with van der Waals surface area (Å²) in [5.41, 5.74) is -0.247. The number of carboxylic acids is 1. The van der Waals surface area contributed by atoms with Crippen molar-refractivity contribution >= 4 is 27.6 Å². The third-order valence-corrected chi connectivity index (χ3v) is 6.14. The number of likely N-dealkylation sites (N-methyl/N-ethyl adjacent to an activating group) is 1. The van der Waals surface area contributed by atoms with E-state index in [4.69, 9.17) is 5.11 Å². The van der Waals surface area contributed by atoms with E-state index in [9.17, 15) is 33.2 Å². The highest BCUT2D eigenvalue weighted by Crippen LogP contribution is 2.19. The Hall–Kier alpha value is -2.57. The summed E-state index contributed by atoms with van der Waals surface area (Å²) in [7, 11) is -2.57. The fourth-order valence-corrected chi connectivity index (χ4v) is 3.87. The van der Waals surface area contributed by atoms with Gasteiger partial charge in [-0.25, -0.2) is 13.1 Å². The number of nitro groups is 1. The number of rotatable bonds is 12. The largest absolute Gasteiger partial charge is 0.481 e. The zero-order valence-corrected chi connectivity index (χ0v) is 17.8. The number of non-ortho nitro benzene ring substituents is 1. The van der Waals surface area contributed by atoms with Gasteiger partial charge in [0, 0.05) is 31.8 Å². The van der Waals surface area contributed by atoms with Crippen molar-refractivity contribution in [2.24, 2.45) is 5.92 Å². The number of sulfonamides is 1. The number of aliphatic carboxylic acids is 1. The van der Waals surface area contributed by atoms with E-state index in [0.29, 0.717) is 6.42 Å². The number of carbonyl (C=O) groups excluding carboxylic acids is 1. The molecule has 3 atom stereocenters. The minimum atomic E-state index is -3.98. The number of carbonyl (C=O) groups is 2. The van der Waals surface area contributed by atoms with Crippen LogP contribution in [0.1, 0.15) is 33.1 Å². The lowest BCUT2D eigenvalue weighted by molar-refractivity contribution is -0.384. The summed E-state index contributed by atoms with van der Waals surface area (Å²) in [6.07, 6.45) is -0.826. The van der Waals surface area contributed by atoms with Crippen LogP contribution in [0.25, 0.3) is 0 Å². The van der Waals surface area contributed by atoms with Crippen LogP contribution in [0.3, 0.4) is 0 Å². The van der Waals surface area contributed by atoms with Crippen LogP contribution in [0.2, 0.25) is 0 Å². The predicted octanol–water partition coefficient (Wildman–Crippen LogP) is 0.972. The number of amides is 1. The average Bonchev–Trinajstić information content (AvgIpc) is 2.69. The van der Waals surface area contributed by atoms with Crippen LogP contribution < -0.4 is 4.72 Å². The molecule has 1 rings (SSSR count). The van der Waals surface area contributed by atoms with Crippen molar-refractivity contribution in [2.45, 2.75) is 50.2 Å². The number of carboxylic acid groups (broad SMARTS) is 1. The van der Waals surface area contributed by atoms with E-state index in [2.05, 4.69) is 4.72 Å². The summed E-state index contributed by atoms with van der Waals surface area (Å²) in [4.78, 5) is 34.8. The molecule has 0 aliphatic rings. The van der Waals surface area contributed by atoms with Crippen LogP contribution in [0.15, 0.2) is 29.2 Å². The Morgan fingerprint density at radius 1 is 1.27 bits per heavy atom. The van der Waals surface area contributed by atoms with Gasteiger partial charge in [-0.05, 0) is 25.5 Å². The van der Waals surface area contributed by atoms with Crippen LogP contribution in [0, 0.1) is 16.0 Å². The second-order valence-electron chi connectivity index (χ2n) is 6.96. The molecule has 3 unspecified atom stereocenters. The van der Waals surface area contributed by atoms with Crippen LogP contribution in [-0.2, 0) is 19.6 Å². The maximum Gasteiger partial charge on any atom is 0.304 e. The number of benzene rings is 1. The molecular formula is C18H27N3O8S. The molecule has 0 heterocycles. The van der Waals surface area contributed by atoms with E-state index in [-0.39, 0.29) is 23.5 Å².